The van der Waals surface area contributed by atoms with Crippen molar-refractivity contribution in [3.8, 4) is 11.4 Å². The fraction of sp³-hybridized carbons (Fsp3) is 0.278. The van der Waals surface area contributed by atoms with Crippen molar-refractivity contribution in [1.82, 2.24) is 25.2 Å². The fourth-order valence-electron chi connectivity index (χ4n) is 2.44. The van der Waals surface area contributed by atoms with Crippen LogP contribution in [-0.2, 0) is 22.6 Å². The molecular formula is C18H20N6O3. The molecule has 0 saturated heterocycles. The number of rotatable bonds is 7. The van der Waals surface area contributed by atoms with Gasteiger partial charge in [-0.15, -0.1) is 0 Å². The second-order valence-corrected chi connectivity index (χ2v) is 6.03. The van der Waals surface area contributed by atoms with Crippen molar-refractivity contribution >= 4 is 17.5 Å². The minimum absolute atomic E-state index is 0.0933. The molecule has 2 N–H and O–H groups in total. The zero-order chi connectivity index (χ0) is 19.2. The van der Waals surface area contributed by atoms with Crippen LogP contribution in [-0.4, -0.2) is 38.8 Å². The topological polar surface area (TPSA) is 115 Å². The van der Waals surface area contributed by atoms with Crippen molar-refractivity contribution in [3.63, 3.8) is 0 Å². The molecule has 0 bridgehead atoms. The maximum Gasteiger partial charge on any atom is 0.241 e. The number of likely N-dealkylation sites (N-methyl/N-ethyl adjacent to an activating group) is 1. The SMILES string of the molecule is CNC(=O)Cn1cc(NC(=O)CCc2nc(-c3cccc(C)c3)no2)cn1. The van der Waals surface area contributed by atoms with Gasteiger partial charge in [0.2, 0.25) is 23.5 Å². The molecule has 2 amide bonds. The van der Waals surface area contributed by atoms with Crippen LogP contribution in [0.25, 0.3) is 11.4 Å². The molecule has 9 heteroatoms. The zero-order valence-electron chi connectivity index (χ0n) is 15.1. The third kappa shape index (κ3) is 5.00. The first-order valence-electron chi connectivity index (χ1n) is 8.46. The largest absolute Gasteiger partial charge is 0.358 e. The van der Waals surface area contributed by atoms with Crippen LogP contribution >= 0.6 is 0 Å². The van der Waals surface area contributed by atoms with E-state index in [-0.39, 0.29) is 24.8 Å². The van der Waals surface area contributed by atoms with Crippen molar-refractivity contribution in [1.29, 1.82) is 0 Å². The lowest BCUT2D eigenvalue weighted by atomic mass is 10.1. The predicted molar refractivity (Wildman–Crippen MR) is 97.7 cm³/mol. The quantitative estimate of drug-likeness (QED) is 0.654. The van der Waals surface area contributed by atoms with Crippen molar-refractivity contribution < 1.29 is 14.1 Å². The molecule has 1 aromatic carbocycles. The summed E-state index contributed by atoms with van der Waals surface area (Å²) < 4.78 is 6.66. The number of anilines is 1. The van der Waals surface area contributed by atoms with Gasteiger partial charge in [-0.05, 0) is 13.0 Å². The van der Waals surface area contributed by atoms with E-state index in [1.54, 1.807) is 13.2 Å². The molecule has 0 aliphatic heterocycles. The van der Waals surface area contributed by atoms with Crippen LogP contribution in [0.3, 0.4) is 0 Å². The van der Waals surface area contributed by atoms with Gasteiger partial charge in [0.05, 0.1) is 11.9 Å². The third-order valence-electron chi connectivity index (χ3n) is 3.81. The van der Waals surface area contributed by atoms with Gasteiger partial charge in [-0.1, -0.05) is 28.9 Å². The second-order valence-electron chi connectivity index (χ2n) is 6.03. The summed E-state index contributed by atoms with van der Waals surface area (Å²) in [5.74, 6) is 0.531. The molecule has 0 spiro atoms. The molecule has 0 radical (unpaired) electrons. The van der Waals surface area contributed by atoms with E-state index in [0.29, 0.717) is 23.8 Å². The van der Waals surface area contributed by atoms with Crippen LogP contribution < -0.4 is 10.6 Å². The van der Waals surface area contributed by atoms with Crippen LogP contribution in [0, 0.1) is 6.92 Å². The highest BCUT2D eigenvalue weighted by Gasteiger charge is 2.12. The minimum atomic E-state index is -0.204. The monoisotopic (exact) mass is 368 g/mol. The average Bonchev–Trinajstić information content (AvgIpc) is 3.29. The summed E-state index contributed by atoms with van der Waals surface area (Å²) in [5, 5.41) is 13.2. The van der Waals surface area contributed by atoms with E-state index in [4.69, 9.17) is 4.52 Å². The van der Waals surface area contributed by atoms with Gasteiger partial charge in [0.1, 0.15) is 6.54 Å². The number of hydrogen-bond acceptors (Lipinski definition) is 6. The number of benzene rings is 1. The van der Waals surface area contributed by atoms with Gasteiger partial charge in [0, 0.05) is 31.6 Å². The number of hydrogen-bond donors (Lipinski definition) is 2. The first kappa shape index (κ1) is 18.3. The first-order valence-corrected chi connectivity index (χ1v) is 8.46. The molecule has 27 heavy (non-hydrogen) atoms. The standard InChI is InChI=1S/C18H20N6O3/c1-12-4-3-5-13(8-12)18-22-17(27-23-18)7-6-15(25)21-14-9-20-24(10-14)11-16(26)19-2/h3-5,8-10H,6-7,11H2,1-2H3,(H,19,26)(H,21,25). The second kappa shape index (κ2) is 8.26. The first-order chi connectivity index (χ1) is 13.0. The van der Waals surface area contributed by atoms with E-state index in [2.05, 4.69) is 25.9 Å². The third-order valence-corrected chi connectivity index (χ3v) is 3.81. The summed E-state index contributed by atoms with van der Waals surface area (Å²) in [6, 6.07) is 7.80. The lowest BCUT2D eigenvalue weighted by Crippen LogP contribution is -2.23. The van der Waals surface area contributed by atoms with Crippen molar-refractivity contribution in [2.24, 2.45) is 0 Å². The summed E-state index contributed by atoms with van der Waals surface area (Å²) in [6.45, 7) is 2.09. The normalized spacial score (nSPS) is 10.6. The Morgan fingerprint density at radius 3 is 2.89 bits per heavy atom. The van der Waals surface area contributed by atoms with Gasteiger partial charge < -0.3 is 15.2 Å². The molecule has 2 heterocycles. The highest BCUT2D eigenvalue weighted by molar-refractivity contribution is 5.90. The number of nitrogens with zero attached hydrogens (tertiary/aromatic N) is 4. The molecule has 0 aliphatic rings. The van der Waals surface area contributed by atoms with Crippen LogP contribution in [0.15, 0.2) is 41.2 Å². The Morgan fingerprint density at radius 2 is 2.11 bits per heavy atom. The van der Waals surface area contributed by atoms with Gasteiger partial charge in [-0.2, -0.15) is 10.1 Å². The Bertz CT molecular complexity index is 946. The van der Waals surface area contributed by atoms with Crippen molar-refractivity contribution in [2.75, 3.05) is 12.4 Å². The smallest absolute Gasteiger partial charge is 0.241 e. The van der Waals surface area contributed by atoms with Crippen LogP contribution in [0.1, 0.15) is 17.9 Å². The predicted octanol–water partition coefficient (Wildman–Crippen LogP) is 1.56. The average molecular weight is 368 g/mol. The molecule has 2 aromatic heterocycles. The Labute approximate surface area is 155 Å². The summed E-state index contributed by atoms with van der Waals surface area (Å²) >= 11 is 0. The van der Waals surface area contributed by atoms with E-state index in [0.717, 1.165) is 11.1 Å². The Kier molecular flexibility index (Phi) is 5.60. The van der Waals surface area contributed by atoms with E-state index in [9.17, 15) is 9.59 Å². The lowest BCUT2D eigenvalue weighted by Gasteiger charge is -2.01. The Balaban J connectivity index is 1.52. The fourth-order valence-corrected chi connectivity index (χ4v) is 2.44. The molecule has 9 nitrogen and oxygen atoms in total. The molecule has 0 fully saturated rings. The van der Waals surface area contributed by atoms with Gasteiger partial charge >= 0.3 is 0 Å². The Morgan fingerprint density at radius 1 is 1.26 bits per heavy atom. The molecule has 3 aromatic rings. The number of nitrogens with one attached hydrogen (secondary N) is 2. The van der Waals surface area contributed by atoms with Crippen molar-refractivity contribution in [3.05, 3.63) is 48.1 Å². The molecular weight excluding hydrogens is 348 g/mol. The molecule has 0 saturated carbocycles. The summed E-state index contributed by atoms with van der Waals surface area (Å²) in [5.41, 5.74) is 2.50. The van der Waals surface area contributed by atoms with Gasteiger partial charge in [0.25, 0.3) is 0 Å². The van der Waals surface area contributed by atoms with Crippen LogP contribution in [0.5, 0.6) is 0 Å². The lowest BCUT2D eigenvalue weighted by molar-refractivity contribution is -0.121. The summed E-state index contributed by atoms with van der Waals surface area (Å²) in [6.07, 6.45) is 3.60. The molecule has 0 aliphatic carbocycles. The minimum Gasteiger partial charge on any atom is -0.358 e. The van der Waals surface area contributed by atoms with Crippen LogP contribution in [0.4, 0.5) is 5.69 Å². The summed E-state index contributed by atoms with van der Waals surface area (Å²) in [7, 11) is 1.55. The Hall–Kier alpha value is -3.49. The molecule has 3 rings (SSSR count). The number of amides is 2. The number of aromatic nitrogens is 4. The number of aryl methyl sites for hydroxylation is 2. The maximum atomic E-state index is 12.1. The maximum absolute atomic E-state index is 12.1. The van der Waals surface area contributed by atoms with Crippen LogP contribution in [0.2, 0.25) is 0 Å². The molecule has 0 unspecified atom stereocenters. The highest BCUT2D eigenvalue weighted by atomic mass is 16.5. The van der Waals surface area contributed by atoms with Gasteiger partial charge in [-0.3, -0.25) is 14.3 Å². The molecule has 140 valence electrons. The van der Waals surface area contributed by atoms with E-state index >= 15 is 0 Å². The number of carbonyl (C=O) groups excluding carboxylic acids is 2. The van der Waals surface area contributed by atoms with Crippen molar-refractivity contribution in [2.45, 2.75) is 26.3 Å². The van der Waals surface area contributed by atoms with E-state index < -0.39 is 0 Å². The van der Waals surface area contributed by atoms with E-state index in [1.807, 2.05) is 31.2 Å². The summed E-state index contributed by atoms with van der Waals surface area (Å²) in [4.78, 5) is 27.7. The van der Waals surface area contributed by atoms with E-state index in [1.165, 1.54) is 10.9 Å². The van der Waals surface area contributed by atoms with Gasteiger partial charge in [-0.25, -0.2) is 0 Å². The molecule has 0 atom stereocenters. The highest BCUT2D eigenvalue weighted by Crippen LogP contribution is 2.17. The number of carbonyl (C=O) groups is 2. The zero-order valence-corrected chi connectivity index (χ0v) is 15.1. The van der Waals surface area contributed by atoms with Gasteiger partial charge in [0.15, 0.2) is 0 Å².